The monoisotopic (exact) mass is 309 g/mol. The van der Waals surface area contributed by atoms with Crippen molar-refractivity contribution >= 4 is 34.0 Å². The highest BCUT2D eigenvalue weighted by Gasteiger charge is 2.19. The number of aryl methyl sites for hydroxylation is 3. The number of hydrogen-bond acceptors (Lipinski definition) is 4. The Morgan fingerprint density at radius 2 is 1.74 bits per heavy atom. The molecule has 23 heavy (non-hydrogen) atoms. The predicted octanol–water partition coefficient (Wildman–Crippen LogP) is 3.20. The minimum absolute atomic E-state index is 0.568. The van der Waals surface area contributed by atoms with Gasteiger partial charge in [0.25, 0.3) is 0 Å². The molecule has 0 saturated carbocycles. The van der Waals surface area contributed by atoms with E-state index < -0.39 is 0 Å². The van der Waals surface area contributed by atoms with Crippen molar-refractivity contribution in [2.24, 2.45) is 24.3 Å². The molecule has 118 valence electrons. The van der Waals surface area contributed by atoms with Crippen LogP contribution in [0.25, 0.3) is 11.0 Å². The largest absolute Gasteiger partial charge is 0.422 e. The van der Waals surface area contributed by atoms with Crippen LogP contribution in [0.4, 0.5) is 23.0 Å². The summed E-state index contributed by atoms with van der Waals surface area (Å²) in [6, 6.07) is 9.99. The van der Waals surface area contributed by atoms with Crippen molar-refractivity contribution < 1.29 is 4.57 Å². The van der Waals surface area contributed by atoms with Crippen LogP contribution in [0, 0.1) is 13.8 Å². The van der Waals surface area contributed by atoms with E-state index in [1.165, 1.54) is 0 Å². The van der Waals surface area contributed by atoms with Crippen molar-refractivity contribution in [1.82, 2.24) is 4.57 Å². The lowest BCUT2D eigenvalue weighted by Crippen LogP contribution is -2.26. The molecular formula is C17H21N6+. The van der Waals surface area contributed by atoms with E-state index in [4.69, 9.17) is 11.5 Å². The minimum Gasteiger partial charge on any atom is -0.398 e. The van der Waals surface area contributed by atoms with Crippen LogP contribution >= 0.6 is 0 Å². The van der Waals surface area contributed by atoms with Gasteiger partial charge in [0.1, 0.15) is 16.7 Å². The number of anilines is 2. The molecule has 4 N–H and O–H groups in total. The zero-order chi connectivity index (χ0) is 16.7. The van der Waals surface area contributed by atoms with E-state index in [2.05, 4.69) is 22.4 Å². The summed E-state index contributed by atoms with van der Waals surface area (Å²) in [4.78, 5) is 0. The summed E-state index contributed by atoms with van der Waals surface area (Å²) < 4.78 is 4.01. The van der Waals surface area contributed by atoms with Crippen LogP contribution in [0.15, 0.2) is 40.6 Å². The molecule has 0 aliphatic heterocycles. The highest BCUT2D eigenvalue weighted by atomic mass is 15.3. The minimum atomic E-state index is 0.568. The summed E-state index contributed by atoms with van der Waals surface area (Å²) in [6.45, 7) is 3.84. The first-order valence-corrected chi connectivity index (χ1v) is 7.42. The maximum absolute atomic E-state index is 6.12. The average molecular weight is 309 g/mol. The molecule has 0 spiro atoms. The number of nitrogens with zero attached hydrogens (tertiary/aromatic N) is 4. The van der Waals surface area contributed by atoms with Crippen molar-refractivity contribution in [3.8, 4) is 0 Å². The molecule has 3 aromatic rings. The second kappa shape index (κ2) is 5.39. The van der Waals surface area contributed by atoms with Crippen LogP contribution in [0.2, 0.25) is 0 Å². The van der Waals surface area contributed by atoms with E-state index >= 15 is 0 Å². The Morgan fingerprint density at radius 1 is 1.04 bits per heavy atom. The number of nitrogen functional groups attached to an aromatic ring is 2. The Hall–Kier alpha value is -2.89. The number of para-hydroxylation sites is 2. The molecule has 0 aliphatic rings. The van der Waals surface area contributed by atoms with Gasteiger partial charge < -0.3 is 11.5 Å². The van der Waals surface area contributed by atoms with Crippen molar-refractivity contribution in [2.75, 3.05) is 11.5 Å². The topological polar surface area (TPSA) is 85.6 Å². The van der Waals surface area contributed by atoms with Gasteiger partial charge in [0, 0.05) is 10.8 Å². The van der Waals surface area contributed by atoms with Gasteiger partial charge in [-0.2, -0.15) is 0 Å². The molecule has 1 heterocycles. The van der Waals surface area contributed by atoms with Gasteiger partial charge in [-0.1, -0.05) is 17.2 Å². The van der Waals surface area contributed by atoms with Gasteiger partial charge in [0.15, 0.2) is 0 Å². The maximum atomic E-state index is 6.12. The highest BCUT2D eigenvalue weighted by Crippen LogP contribution is 2.33. The van der Waals surface area contributed by atoms with Crippen LogP contribution in [0.5, 0.6) is 0 Å². The summed E-state index contributed by atoms with van der Waals surface area (Å²) in [6.07, 6.45) is 0. The predicted molar refractivity (Wildman–Crippen MR) is 93.0 cm³/mol. The lowest BCUT2D eigenvalue weighted by atomic mass is 10.1. The average Bonchev–Trinajstić information content (AvgIpc) is 2.80. The third kappa shape index (κ3) is 2.32. The summed E-state index contributed by atoms with van der Waals surface area (Å²) in [7, 11) is 3.94. The van der Waals surface area contributed by atoms with E-state index in [9.17, 15) is 0 Å². The first-order chi connectivity index (χ1) is 10.9. The smallest absolute Gasteiger partial charge is 0.398 e. The Kier molecular flexibility index (Phi) is 3.52. The number of nitrogens with two attached hydrogens (primary N) is 2. The van der Waals surface area contributed by atoms with E-state index in [0.29, 0.717) is 17.1 Å². The van der Waals surface area contributed by atoms with Gasteiger partial charge >= 0.3 is 5.95 Å². The van der Waals surface area contributed by atoms with Gasteiger partial charge in [-0.3, -0.25) is 0 Å². The molecule has 0 radical (unpaired) electrons. The second-order valence-electron chi connectivity index (χ2n) is 5.77. The quantitative estimate of drug-likeness (QED) is 0.433. The summed E-state index contributed by atoms with van der Waals surface area (Å²) in [5.74, 6) is 0.748. The number of azo groups is 1. The maximum Gasteiger partial charge on any atom is 0.422 e. The third-order valence-corrected chi connectivity index (χ3v) is 4.31. The fourth-order valence-corrected chi connectivity index (χ4v) is 2.78. The molecule has 2 aromatic carbocycles. The Balaban J connectivity index is 2.12. The zero-order valence-corrected chi connectivity index (χ0v) is 13.8. The van der Waals surface area contributed by atoms with Crippen LogP contribution in [-0.4, -0.2) is 4.57 Å². The number of aromatic nitrogens is 2. The van der Waals surface area contributed by atoms with Crippen molar-refractivity contribution in [2.45, 2.75) is 13.8 Å². The van der Waals surface area contributed by atoms with Gasteiger partial charge in [0.05, 0.1) is 19.8 Å². The molecule has 6 nitrogen and oxygen atoms in total. The zero-order valence-electron chi connectivity index (χ0n) is 13.8. The summed E-state index contributed by atoms with van der Waals surface area (Å²) in [5.41, 5.74) is 18.0. The number of hydrogen-bond donors (Lipinski definition) is 2. The van der Waals surface area contributed by atoms with Crippen molar-refractivity contribution in [3.05, 3.63) is 41.5 Å². The fourth-order valence-electron chi connectivity index (χ4n) is 2.78. The molecule has 0 aliphatic carbocycles. The first-order valence-electron chi connectivity index (χ1n) is 7.42. The summed E-state index contributed by atoms with van der Waals surface area (Å²) in [5, 5.41) is 8.77. The number of benzene rings is 2. The molecule has 6 heteroatoms. The molecule has 0 saturated heterocycles. The fraction of sp³-hybridized carbons (Fsp3) is 0.235. The van der Waals surface area contributed by atoms with Gasteiger partial charge in [-0.05, 0) is 43.2 Å². The van der Waals surface area contributed by atoms with Crippen LogP contribution < -0.4 is 16.0 Å². The van der Waals surface area contributed by atoms with Crippen LogP contribution in [0.1, 0.15) is 11.1 Å². The van der Waals surface area contributed by atoms with E-state index in [1.54, 1.807) is 0 Å². The lowest BCUT2D eigenvalue weighted by Gasteiger charge is -2.08. The number of imidazole rings is 1. The highest BCUT2D eigenvalue weighted by molar-refractivity contribution is 5.76. The van der Waals surface area contributed by atoms with Gasteiger partial charge in [-0.25, -0.2) is 9.13 Å². The number of rotatable bonds is 2. The molecule has 0 bridgehead atoms. The normalized spacial score (nSPS) is 11.7. The Bertz CT molecular complexity index is 897. The van der Waals surface area contributed by atoms with Crippen molar-refractivity contribution in [3.63, 3.8) is 0 Å². The molecular weight excluding hydrogens is 288 g/mol. The number of fused-ring (bicyclic) bond motifs is 1. The lowest BCUT2D eigenvalue weighted by molar-refractivity contribution is -0.632. The van der Waals surface area contributed by atoms with E-state index in [-0.39, 0.29) is 0 Å². The molecule has 3 rings (SSSR count). The molecule has 1 aromatic heterocycles. The summed E-state index contributed by atoms with van der Waals surface area (Å²) >= 11 is 0. The second-order valence-corrected chi connectivity index (χ2v) is 5.77. The molecule has 0 unspecified atom stereocenters. The van der Waals surface area contributed by atoms with E-state index in [0.717, 1.165) is 28.1 Å². The third-order valence-electron chi connectivity index (χ3n) is 4.31. The van der Waals surface area contributed by atoms with E-state index in [1.807, 2.05) is 55.3 Å². The van der Waals surface area contributed by atoms with Gasteiger partial charge in [0.2, 0.25) is 0 Å². The van der Waals surface area contributed by atoms with Crippen LogP contribution in [0.3, 0.4) is 0 Å². The molecule has 0 fully saturated rings. The van der Waals surface area contributed by atoms with Crippen molar-refractivity contribution in [1.29, 1.82) is 0 Å². The molecule has 0 atom stereocenters. The first kappa shape index (κ1) is 15.0. The Morgan fingerprint density at radius 3 is 2.43 bits per heavy atom. The molecule has 0 amide bonds. The van der Waals surface area contributed by atoms with Crippen LogP contribution in [-0.2, 0) is 14.1 Å². The van der Waals surface area contributed by atoms with Gasteiger partial charge in [-0.15, -0.1) is 0 Å². The standard InChI is InChI=1S/C17H20N6/c1-10-9-12(16(19)11(2)15(10)18)20-21-17-22(3)13-7-5-6-8-14(13)23(17)4/h5-9H,1-4H3,(H3,18,19)/p+1. The SMILES string of the molecule is Cc1cc(N=Nc2n(C)c3ccccc3[n+]2C)c(N)c(C)c1N. The Labute approximate surface area is 135 Å².